The smallest absolute Gasteiger partial charge is 0.407 e. The molecular formula is C23H34FNO5. The lowest BCUT2D eigenvalue weighted by Crippen LogP contribution is -2.66. The van der Waals surface area contributed by atoms with Crippen molar-refractivity contribution in [3.63, 3.8) is 0 Å². The quantitative estimate of drug-likeness (QED) is 0.722. The van der Waals surface area contributed by atoms with Crippen LogP contribution in [-0.2, 0) is 21.7 Å². The summed E-state index contributed by atoms with van der Waals surface area (Å²) in [5.74, 6) is -0.427. The van der Waals surface area contributed by atoms with Crippen LogP contribution in [0.5, 0.6) is 0 Å². The Labute approximate surface area is 178 Å². The van der Waals surface area contributed by atoms with Crippen molar-refractivity contribution in [2.75, 3.05) is 13.2 Å². The Balaban J connectivity index is 2.02. The van der Waals surface area contributed by atoms with Crippen LogP contribution in [0.15, 0.2) is 18.2 Å². The highest BCUT2D eigenvalue weighted by atomic mass is 19.1. The molecule has 1 aromatic rings. The van der Waals surface area contributed by atoms with Crippen molar-refractivity contribution in [2.24, 2.45) is 5.41 Å². The van der Waals surface area contributed by atoms with Crippen molar-refractivity contribution >= 4 is 6.09 Å². The molecule has 2 N–H and O–H groups in total. The lowest BCUT2D eigenvalue weighted by atomic mass is 9.60. The molecule has 0 aromatic heterocycles. The zero-order valence-corrected chi connectivity index (χ0v) is 18.4. The molecule has 168 valence electrons. The summed E-state index contributed by atoms with van der Waals surface area (Å²) in [6, 6.07) is 4.23. The van der Waals surface area contributed by atoms with Gasteiger partial charge >= 0.3 is 6.09 Å². The molecule has 2 heterocycles. The lowest BCUT2D eigenvalue weighted by Gasteiger charge is -2.55. The van der Waals surface area contributed by atoms with E-state index in [0.717, 1.165) is 19.3 Å². The number of ether oxygens (including phenoxy) is 2. The van der Waals surface area contributed by atoms with Gasteiger partial charge in [-0.05, 0) is 67.7 Å². The molecule has 1 amide bonds. The third-order valence-corrected chi connectivity index (χ3v) is 6.81. The molecule has 0 bridgehead atoms. The van der Waals surface area contributed by atoms with E-state index in [4.69, 9.17) is 9.47 Å². The van der Waals surface area contributed by atoms with E-state index < -0.39 is 28.5 Å². The largest absolute Gasteiger partial charge is 0.465 e. The van der Waals surface area contributed by atoms with Gasteiger partial charge < -0.3 is 19.7 Å². The van der Waals surface area contributed by atoms with Gasteiger partial charge in [-0.25, -0.2) is 9.18 Å². The summed E-state index contributed by atoms with van der Waals surface area (Å²) in [4.78, 5) is 13.5. The minimum Gasteiger partial charge on any atom is -0.465 e. The van der Waals surface area contributed by atoms with Crippen LogP contribution in [0, 0.1) is 11.2 Å². The van der Waals surface area contributed by atoms with E-state index in [2.05, 4.69) is 0 Å². The van der Waals surface area contributed by atoms with Gasteiger partial charge in [0.05, 0.1) is 12.1 Å². The van der Waals surface area contributed by atoms with Gasteiger partial charge in [0.25, 0.3) is 0 Å². The molecule has 6 nitrogen and oxygen atoms in total. The molecule has 2 saturated heterocycles. The number of rotatable bonds is 5. The fourth-order valence-electron chi connectivity index (χ4n) is 5.50. The molecule has 0 saturated carbocycles. The van der Waals surface area contributed by atoms with Crippen molar-refractivity contribution in [1.82, 2.24) is 4.90 Å². The number of nitrogens with zero attached hydrogens (tertiary/aromatic N) is 1. The van der Waals surface area contributed by atoms with Crippen LogP contribution in [0.1, 0.15) is 70.9 Å². The van der Waals surface area contributed by atoms with Crippen LogP contribution in [0.4, 0.5) is 9.18 Å². The van der Waals surface area contributed by atoms with E-state index >= 15 is 0 Å². The third-order valence-electron chi connectivity index (χ3n) is 6.81. The lowest BCUT2D eigenvalue weighted by molar-refractivity contribution is -0.170. The number of aliphatic hydroxyl groups is 1. The SMILES string of the molecule is CC(C)(C)[C@@]1(C(C)(O)c2ccc(F)cc2COC2CCCCO2)CCCN1C(=O)O. The molecule has 2 fully saturated rings. The van der Waals surface area contributed by atoms with Crippen LogP contribution in [0.2, 0.25) is 0 Å². The second-order valence-electron chi connectivity index (χ2n) is 9.63. The number of hydrogen-bond acceptors (Lipinski definition) is 4. The van der Waals surface area contributed by atoms with Crippen molar-refractivity contribution < 1.29 is 28.9 Å². The van der Waals surface area contributed by atoms with Gasteiger partial charge in [-0.3, -0.25) is 4.90 Å². The number of likely N-dealkylation sites (tertiary alicyclic amines) is 1. The number of benzene rings is 1. The average Bonchev–Trinajstić information content (AvgIpc) is 3.14. The van der Waals surface area contributed by atoms with Crippen molar-refractivity contribution in [1.29, 1.82) is 0 Å². The third kappa shape index (κ3) is 3.95. The Morgan fingerprint density at radius 2 is 2.03 bits per heavy atom. The van der Waals surface area contributed by atoms with Gasteiger partial charge in [-0.2, -0.15) is 0 Å². The summed E-state index contributed by atoms with van der Waals surface area (Å²) >= 11 is 0. The van der Waals surface area contributed by atoms with E-state index in [9.17, 15) is 19.4 Å². The average molecular weight is 424 g/mol. The predicted molar refractivity (Wildman–Crippen MR) is 111 cm³/mol. The molecule has 3 rings (SSSR count). The Morgan fingerprint density at radius 3 is 2.63 bits per heavy atom. The van der Waals surface area contributed by atoms with E-state index in [1.165, 1.54) is 17.0 Å². The Morgan fingerprint density at radius 1 is 1.30 bits per heavy atom. The molecule has 0 aliphatic carbocycles. The highest BCUT2D eigenvalue weighted by Crippen LogP contribution is 2.54. The van der Waals surface area contributed by atoms with Gasteiger partial charge in [-0.1, -0.05) is 26.8 Å². The van der Waals surface area contributed by atoms with Crippen LogP contribution in [0.3, 0.4) is 0 Å². The Kier molecular flexibility index (Phi) is 6.46. The summed E-state index contributed by atoms with van der Waals surface area (Å²) in [7, 11) is 0. The maximum atomic E-state index is 14.1. The standard InChI is InChI=1S/C23H34FNO5/c1-21(2,3)23(11-7-12-25(23)20(26)27)22(4,28)18-10-9-17(24)14-16(18)15-30-19-8-5-6-13-29-19/h9-10,14,19,28H,5-8,11-13,15H2,1-4H3,(H,26,27)/t19?,22?,23-/m1/s1. The number of halogens is 1. The van der Waals surface area contributed by atoms with E-state index in [1.54, 1.807) is 13.0 Å². The second kappa shape index (κ2) is 8.44. The van der Waals surface area contributed by atoms with Gasteiger partial charge in [-0.15, -0.1) is 0 Å². The highest BCUT2D eigenvalue weighted by molar-refractivity contribution is 5.67. The second-order valence-corrected chi connectivity index (χ2v) is 9.63. The highest BCUT2D eigenvalue weighted by Gasteiger charge is 2.62. The molecule has 3 atom stereocenters. The summed E-state index contributed by atoms with van der Waals surface area (Å²) < 4.78 is 25.6. The zero-order valence-electron chi connectivity index (χ0n) is 18.4. The summed E-state index contributed by atoms with van der Waals surface area (Å²) in [5, 5.41) is 21.9. The molecule has 30 heavy (non-hydrogen) atoms. The molecule has 1 aromatic carbocycles. The monoisotopic (exact) mass is 423 g/mol. The van der Waals surface area contributed by atoms with Gasteiger partial charge in [0, 0.05) is 13.2 Å². The summed E-state index contributed by atoms with van der Waals surface area (Å²) in [6.45, 7) is 8.55. The molecule has 0 spiro atoms. The minimum absolute atomic E-state index is 0.0845. The number of amides is 1. The number of hydrogen-bond donors (Lipinski definition) is 2. The first-order valence-corrected chi connectivity index (χ1v) is 10.8. The van der Waals surface area contributed by atoms with E-state index in [1.807, 2.05) is 20.8 Å². The normalized spacial score (nSPS) is 27.1. The fourth-order valence-corrected chi connectivity index (χ4v) is 5.50. The molecule has 7 heteroatoms. The van der Waals surface area contributed by atoms with E-state index in [-0.39, 0.29) is 12.9 Å². The first-order chi connectivity index (χ1) is 14.0. The van der Waals surface area contributed by atoms with Crippen molar-refractivity contribution in [2.45, 2.75) is 83.8 Å². The van der Waals surface area contributed by atoms with Crippen LogP contribution < -0.4 is 0 Å². The zero-order chi connectivity index (χ0) is 22.2. The Bertz CT molecular complexity index is 769. The number of carboxylic acid groups (broad SMARTS) is 1. The maximum Gasteiger partial charge on any atom is 0.407 e. The topological polar surface area (TPSA) is 79.2 Å². The van der Waals surface area contributed by atoms with Crippen molar-refractivity contribution in [3.05, 3.63) is 35.1 Å². The first-order valence-electron chi connectivity index (χ1n) is 10.8. The molecule has 2 unspecified atom stereocenters. The maximum absolute atomic E-state index is 14.1. The summed E-state index contributed by atoms with van der Waals surface area (Å²) in [6.07, 6.45) is 2.55. The van der Waals surface area contributed by atoms with Crippen molar-refractivity contribution in [3.8, 4) is 0 Å². The Hall–Kier alpha value is -1.70. The van der Waals surface area contributed by atoms with Gasteiger partial charge in [0.2, 0.25) is 0 Å². The summed E-state index contributed by atoms with van der Waals surface area (Å²) in [5.41, 5.74) is -2.19. The van der Waals surface area contributed by atoms with Crippen LogP contribution in [0.25, 0.3) is 0 Å². The van der Waals surface area contributed by atoms with Gasteiger partial charge in [0.1, 0.15) is 11.4 Å². The molecular weight excluding hydrogens is 389 g/mol. The molecule has 2 aliphatic rings. The van der Waals surface area contributed by atoms with Crippen LogP contribution in [-0.4, -0.2) is 46.2 Å². The minimum atomic E-state index is -1.56. The fraction of sp³-hybridized carbons (Fsp3) is 0.696. The number of carbonyl (C=O) groups is 1. The molecule has 2 aliphatic heterocycles. The van der Waals surface area contributed by atoms with Gasteiger partial charge in [0.15, 0.2) is 6.29 Å². The van der Waals surface area contributed by atoms with Crippen LogP contribution >= 0.6 is 0 Å². The van der Waals surface area contributed by atoms with E-state index in [0.29, 0.717) is 37.1 Å². The first kappa shape index (κ1) is 23.0. The predicted octanol–water partition coefficient (Wildman–Crippen LogP) is 4.64. The molecule has 0 radical (unpaired) electrons.